The SMILES string of the molecule is CCOC(=O)c1ccc(NC(=O)[C@@H]2CCn3c(C(=O)c4ccccc4)ccc32)cc1. The van der Waals surface area contributed by atoms with Crippen LogP contribution in [0, 0.1) is 0 Å². The van der Waals surface area contributed by atoms with E-state index < -0.39 is 0 Å². The molecule has 0 spiro atoms. The van der Waals surface area contributed by atoms with Gasteiger partial charge in [0.15, 0.2) is 0 Å². The number of esters is 1. The second-order valence-electron chi connectivity index (χ2n) is 7.12. The highest BCUT2D eigenvalue weighted by molar-refractivity contribution is 6.08. The van der Waals surface area contributed by atoms with E-state index in [1.807, 2.05) is 28.8 Å². The number of carbonyl (C=O) groups is 3. The largest absolute Gasteiger partial charge is 0.462 e. The van der Waals surface area contributed by atoms with Crippen LogP contribution in [0.25, 0.3) is 0 Å². The molecule has 1 atom stereocenters. The first kappa shape index (κ1) is 19.6. The average molecular weight is 402 g/mol. The van der Waals surface area contributed by atoms with Gasteiger partial charge in [-0.2, -0.15) is 0 Å². The molecule has 1 N–H and O–H groups in total. The van der Waals surface area contributed by atoms with Gasteiger partial charge in [-0.3, -0.25) is 9.59 Å². The highest BCUT2D eigenvalue weighted by Gasteiger charge is 2.32. The number of nitrogens with zero attached hydrogens (tertiary/aromatic N) is 1. The zero-order chi connectivity index (χ0) is 21.1. The lowest BCUT2D eigenvalue weighted by atomic mass is 10.0. The Morgan fingerprint density at radius 2 is 1.70 bits per heavy atom. The lowest BCUT2D eigenvalue weighted by Crippen LogP contribution is -2.19. The molecule has 4 rings (SSSR count). The molecule has 2 aromatic carbocycles. The summed E-state index contributed by atoms with van der Waals surface area (Å²) in [4.78, 5) is 37.4. The maximum absolute atomic E-state index is 12.8. The molecule has 0 saturated carbocycles. The maximum Gasteiger partial charge on any atom is 0.338 e. The van der Waals surface area contributed by atoms with Crippen molar-refractivity contribution in [3.05, 3.63) is 89.2 Å². The summed E-state index contributed by atoms with van der Waals surface area (Å²) in [5.41, 5.74) is 3.13. The van der Waals surface area contributed by atoms with Crippen molar-refractivity contribution in [2.75, 3.05) is 11.9 Å². The second kappa shape index (κ2) is 8.37. The van der Waals surface area contributed by atoms with Crippen molar-refractivity contribution in [1.82, 2.24) is 4.57 Å². The van der Waals surface area contributed by atoms with E-state index in [2.05, 4.69) is 5.32 Å². The fraction of sp³-hybridized carbons (Fsp3) is 0.208. The first-order valence-corrected chi connectivity index (χ1v) is 9.95. The summed E-state index contributed by atoms with van der Waals surface area (Å²) in [6.07, 6.45) is 0.637. The summed E-state index contributed by atoms with van der Waals surface area (Å²) in [7, 11) is 0. The summed E-state index contributed by atoms with van der Waals surface area (Å²) >= 11 is 0. The number of benzene rings is 2. The quantitative estimate of drug-likeness (QED) is 0.499. The highest BCUT2D eigenvalue weighted by atomic mass is 16.5. The predicted molar refractivity (Wildman–Crippen MR) is 113 cm³/mol. The fourth-order valence-corrected chi connectivity index (χ4v) is 3.78. The van der Waals surface area contributed by atoms with E-state index in [-0.39, 0.29) is 23.6 Å². The van der Waals surface area contributed by atoms with Gasteiger partial charge in [-0.25, -0.2) is 4.79 Å². The van der Waals surface area contributed by atoms with Crippen LogP contribution in [0.1, 0.15) is 51.4 Å². The topological polar surface area (TPSA) is 77.4 Å². The molecule has 0 radical (unpaired) electrons. The van der Waals surface area contributed by atoms with E-state index in [0.717, 1.165) is 5.69 Å². The Hall–Kier alpha value is -3.67. The smallest absolute Gasteiger partial charge is 0.338 e. The summed E-state index contributed by atoms with van der Waals surface area (Å²) < 4.78 is 6.90. The van der Waals surface area contributed by atoms with Gasteiger partial charge in [0.25, 0.3) is 0 Å². The van der Waals surface area contributed by atoms with Gasteiger partial charge < -0.3 is 14.6 Å². The van der Waals surface area contributed by atoms with Gasteiger partial charge >= 0.3 is 5.97 Å². The average Bonchev–Trinajstić information content (AvgIpc) is 3.37. The molecule has 0 bridgehead atoms. The number of ether oxygens (including phenoxy) is 1. The monoisotopic (exact) mass is 402 g/mol. The molecule has 3 aromatic rings. The molecule has 2 heterocycles. The summed E-state index contributed by atoms with van der Waals surface area (Å²) in [6.45, 7) is 2.69. The van der Waals surface area contributed by atoms with Crippen LogP contribution in [0.2, 0.25) is 0 Å². The molecular weight excluding hydrogens is 380 g/mol. The van der Waals surface area contributed by atoms with E-state index in [9.17, 15) is 14.4 Å². The number of nitrogens with one attached hydrogen (secondary N) is 1. The van der Waals surface area contributed by atoms with E-state index in [4.69, 9.17) is 4.74 Å². The first-order valence-electron chi connectivity index (χ1n) is 9.95. The van der Waals surface area contributed by atoms with Crippen LogP contribution in [-0.4, -0.2) is 28.8 Å². The molecule has 0 saturated heterocycles. The predicted octanol–water partition coefficient (Wildman–Crippen LogP) is 4.02. The number of aromatic nitrogens is 1. The lowest BCUT2D eigenvalue weighted by molar-refractivity contribution is -0.117. The molecular formula is C24H22N2O4. The Balaban J connectivity index is 1.47. The number of carbonyl (C=O) groups excluding carboxylic acids is 3. The van der Waals surface area contributed by atoms with Gasteiger partial charge in [0.05, 0.1) is 23.8 Å². The van der Waals surface area contributed by atoms with E-state index >= 15 is 0 Å². The molecule has 1 amide bonds. The number of hydrogen-bond acceptors (Lipinski definition) is 4. The highest BCUT2D eigenvalue weighted by Crippen LogP contribution is 2.32. The van der Waals surface area contributed by atoms with E-state index in [0.29, 0.717) is 42.1 Å². The van der Waals surface area contributed by atoms with Crippen molar-refractivity contribution in [3.8, 4) is 0 Å². The molecule has 1 aromatic heterocycles. The third kappa shape index (κ3) is 3.76. The molecule has 30 heavy (non-hydrogen) atoms. The number of rotatable bonds is 6. The van der Waals surface area contributed by atoms with Crippen LogP contribution in [0.5, 0.6) is 0 Å². The Bertz CT molecular complexity index is 1080. The number of hydrogen-bond donors (Lipinski definition) is 1. The normalized spacial score (nSPS) is 14.8. The van der Waals surface area contributed by atoms with Gasteiger partial charge in [0.2, 0.25) is 11.7 Å². The van der Waals surface area contributed by atoms with Crippen molar-refractivity contribution < 1.29 is 19.1 Å². The van der Waals surface area contributed by atoms with Crippen LogP contribution >= 0.6 is 0 Å². The van der Waals surface area contributed by atoms with Gasteiger partial charge in [-0.05, 0) is 49.7 Å². The van der Waals surface area contributed by atoms with Gasteiger partial charge in [0, 0.05) is 23.5 Å². The zero-order valence-electron chi connectivity index (χ0n) is 16.6. The minimum Gasteiger partial charge on any atom is -0.462 e. The lowest BCUT2D eigenvalue weighted by Gasteiger charge is -2.11. The van der Waals surface area contributed by atoms with Crippen molar-refractivity contribution in [1.29, 1.82) is 0 Å². The minimum absolute atomic E-state index is 0.0440. The summed E-state index contributed by atoms with van der Waals surface area (Å²) in [5.74, 6) is -0.890. The Kier molecular flexibility index (Phi) is 5.48. The standard InChI is InChI=1S/C24H22N2O4/c1-2-30-24(29)17-8-10-18(11-9-17)25-23(28)19-14-15-26-20(19)12-13-21(26)22(27)16-6-4-3-5-7-16/h3-13,19H,2,14-15H2,1H3,(H,25,28)/t19-/m1/s1. The maximum atomic E-state index is 12.8. The van der Waals surface area contributed by atoms with Gasteiger partial charge in [-0.1, -0.05) is 30.3 Å². The van der Waals surface area contributed by atoms with Crippen molar-refractivity contribution >= 4 is 23.3 Å². The fourth-order valence-electron chi connectivity index (χ4n) is 3.78. The van der Waals surface area contributed by atoms with Gasteiger partial charge in [-0.15, -0.1) is 0 Å². The van der Waals surface area contributed by atoms with Crippen LogP contribution in [-0.2, 0) is 16.1 Å². The summed E-state index contributed by atoms with van der Waals surface area (Å²) in [5, 5.41) is 2.90. The Labute approximate surface area is 174 Å². The molecule has 0 aliphatic carbocycles. The van der Waals surface area contributed by atoms with Crippen LogP contribution in [0.4, 0.5) is 5.69 Å². The van der Waals surface area contributed by atoms with Crippen molar-refractivity contribution in [2.24, 2.45) is 0 Å². The number of fused-ring (bicyclic) bond motifs is 1. The van der Waals surface area contributed by atoms with Crippen LogP contribution in [0.15, 0.2) is 66.7 Å². The van der Waals surface area contributed by atoms with Crippen LogP contribution < -0.4 is 5.32 Å². The molecule has 0 unspecified atom stereocenters. The summed E-state index contributed by atoms with van der Waals surface area (Å²) in [6, 6.07) is 19.4. The zero-order valence-corrected chi connectivity index (χ0v) is 16.6. The Morgan fingerprint density at radius 3 is 2.40 bits per heavy atom. The van der Waals surface area contributed by atoms with Crippen molar-refractivity contribution in [3.63, 3.8) is 0 Å². The van der Waals surface area contributed by atoms with Crippen molar-refractivity contribution in [2.45, 2.75) is 25.8 Å². The molecule has 1 aliphatic rings. The number of ketones is 1. The molecule has 152 valence electrons. The van der Waals surface area contributed by atoms with Gasteiger partial charge in [0.1, 0.15) is 0 Å². The molecule has 6 heteroatoms. The Morgan fingerprint density at radius 1 is 0.967 bits per heavy atom. The molecule has 0 fully saturated rings. The van der Waals surface area contributed by atoms with Crippen LogP contribution in [0.3, 0.4) is 0 Å². The number of amides is 1. The third-order valence-electron chi connectivity index (χ3n) is 5.26. The van der Waals surface area contributed by atoms with E-state index in [1.54, 1.807) is 49.4 Å². The number of anilines is 1. The molecule has 6 nitrogen and oxygen atoms in total. The molecule has 1 aliphatic heterocycles. The first-order chi connectivity index (χ1) is 14.6. The minimum atomic E-state index is -0.389. The third-order valence-corrected chi connectivity index (χ3v) is 5.26. The second-order valence-corrected chi connectivity index (χ2v) is 7.12. The van der Waals surface area contributed by atoms with E-state index in [1.165, 1.54) is 0 Å².